The summed E-state index contributed by atoms with van der Waals surface area (Å²) >= 11 is 0. The standard InChI is InChI=1S/C32H34FN5O3/c1-5-20-14-21(6-7-28(20)37-12-9-22(33)18-37)24-8-11-34-26-15-30(41-31(24)26)25-17-35-27(16-29(25)40-4)32(39)38-13-10-23(19-38)36(2)3/h5-8,11,14-17,22-23H,1,9-10,12-13,18-19H2,2-4H3/t22?,23-/m1/s1. The molecule has 212 valence electrons. The molecule has 1 amide bonds. The average molecular weight is 556 g/mol. The number of hydrogen-bond acceptors (Lipinski definition) is 7. The fourth-order valence-corrected chi connectivity index (χ4v) is 5.83. The minimum Gasteiger partial charge on any atom is -0.496 e. The number of methoxy groups -OCH3 is 1. The van der Waals surface area contributed by atoms with Crippen molar-refractivity contribution >= 4 is 28.8 Å². The average Bonchev–Trinajstić information content (AvgIpc) is 3.75. The molecule has 0 bridgehead atoms. The van der Waals surface area contributed by atoms with Gasteiger partial charge in [0.15, 0.2) is 5.58 Å². The van der Waals surface area contributed by atoms with Gasteiger partial charge in [0.1, 0.15) is 28.9 Å². The number of carbonyl (C=O) groups is 1. The van der Waals surface area contributed by atoms with Crippen molar-refractivity contribution in [1.82, 2.24) is 19.8 Å². The number of benzene rings is 1. The van der Waals surface area contributed by atoms with E-state index in [0.29, 0.717) is 72.5 Å². The SMILES string of the molecule is C=Cc1cc(-c2ccnc3cc(-c4cnc(C(=O)N5CC[C@@H](N(C)C)C5)cc4OC)oc23)ccc1N1CCC(F)C1. The molecular formula is C32H34FN5O3. The molecule has 0 spiro atoms. The highest BCUT2D eigenvalue weighted by Crippen LogP contribution is 2.38. The number of alkyl halides is 1. The lowest BCUT2D eigenvalue weighted by atomic mass is 10.0. The Morgan fingerprint density at radius 3 is 2.68 bits per heavy atom. The largest absolute Gasteiger partial charge is 0.496 e. The van der Waals surface area contributed by atoms with Crippen molar-refractivity contribution in [1.29, 1.82) is 0 Å². The number of hydrogen-bond donors (Lipinski definition) is 0. The first-order chi connectivity index (χ1) is 19.9. The van der Waals surface area contributed by atoms with Crippen LogP contribution in [0.15, 0.2) is 59.8 Å². The highest BCUT2D eigenvalue weighted by Gasteiger charge is 2.29. The molecular weight excluding hydrogens is 521 g/mol. The lowest BCUT2D eigenvalue weighted by Crippen LogP contribution is -2.34. The van der Waals surface area contributed by atoms with Gasteiger partial charge in [-0.1, -0.05) is 18.7 Å². The van der Waals surface area contributed by atoms with Crippen molar-refractivity contribution in [2.75, 3.05) is 52.3 Å². The second kappa shape index (κ2) is 11.0. The van der Waals surface area contributed by atoms with Gasteiger partial charge in [-0.05, 0) is 56.3 Å². The lowest BCUT2D eigenvalue weighted by Gasteiger charge is -2.21. The fourth-order valence-electron chi connectivity index (χ4n) is 5.83. The molecule has 41 heavy (non-hydrogen) atoms. The molecule has 2 fully saturated rings. The second-order valence-corrected chi connectivity index (χ2v) is 10.9. The molecule has 9 heteroatoms. The number of carbonyl (C=O) groups excluding carboxylic acids is 1. The number of pyridine rings is 2. The number of halogens is 1. The summed E-state index contributed by atoms with van der Waals surface area (Å²) in [7, 11) is 5.64. The van der Waals surface area contributed by atoms with E-state index in [9.17, 15) is 9.18 Å². The monoisotopic (exact) mass is 555 g/mol. The molecule has 2 atom stereocenters. The number of furan rings is 1. The molecule has 0 N–H and O–H groups in total. The van der Waals surface area contributed by atoms with Crippen molar-refractivity contribution < 1.29 is 18.3 Å². The summed E-state index contributed by atoms with van der Waals surface area (Å²) in [6.07, 6.45) is 5.86. The third kappa shape index (κ3) is 5.06. The predicted octanol–water partition coefficient (Wildman–Crippen LogP) is 5.53. The molecule has 0 saturated carbocycles. The summed E-state index contributed by atoms with van der Waals surface area (Å²) in [6, 6.07) is 11.9. The molecule has 0 aliphatic carbocycles. The van der Waals surface area contributed by atoms with Crippen molar-refractivity contribution in [3.05, 3.63) is 66.6 Å². The van der Waals surface area contributed by atoms with Gasteiger partial charge in [0.25, 0.3) is 5.91 Å². The minimum absolute atomic E-state index is 0.106. The van der Waals surface area contributed by atoms with Crippen LogP contribution >= 0.6 is 0 Å². The van der Waals surface area contributed by atoms with Gasteiger partial charge >= 0.3 is 0 Å². The van der Waals surface area contributed by atoms with E-state index < -0.39 is 6.17 Å². The van der Waals surface area contributed by atoms with Gasteiger partial charge in [-0.15, -0.1) is 0 Å². The molecule has 3 aromatic heterocycles. The number of aromatic nitrogens is 2. The smallest absolute Gasteiger partial charge is 0.272 e. The zero-order chi connectivity index (χ0) is 28.7. The number of likely N-dealkylation sites (N-methyl/N-ethyl adjacent to an activating group) is 1. The molecule has 2 saturated heterocycles. The van der Waals surface area contributed by atoms with Crippen LogP contribution in [-0.2, 0) is 0 Å². The maximum atomic E-state index is 13.9. The van der Waals surface area contributed by atoms with Crippen LogP contribution in [0.4, 0.5) is 10.1 Å². The number of amides is 1. The molecule has 2 aliphatic heterocycles. The van der Waals surface area contributed by atoms with E-state index in [2.05, 4.69) is 26.3 Å². The lowest BCUT2D eigenvalue weighted by molar-refractivity contribution is 0.0777. The fraction of sp³-hybridized carbons (Fsp3) is 0.344. The molecule has 1 aromatic carbocycles. The Morgan fingerprint density at radius 1 is 1.12 bits per heavy atom. The molecule has 4 aromatic rings. The van der Waals surface area contributed by atoms with Crippen LogP contribution in [0.25, 0.3) is 39.6 Å². The Labute approximate surface area is 239 Å². The van der Waals surface area contributed by atoms with E-state index >= 15 is 0 Å². The van der Waals surface area contributed by atoms with E-state index in [4.69, 9.17) is 9.15 Å². The zero-order valence-electron chi connectivity index (χ0n) is 23.6. The Morgan fingerprint density at radius 2 is 1.98 bits per heavy atom. The van der Waals surface area contributed by atoms with Gasteiger partial charge in [0.05, 0.1) is 12.7 Å². The summed E-state index contributed by atoms with van der Waals surface area (Å²) in [4.78, 5) is 28.3. The van der Waals surface area contributed by atoms with Gasteiger partial charge < -0.3 is 23.9 Å². The maximum Gasteiger partial charge on any atom is 0.272 e. The predicted molar refractivity (Wildman–Crippen MR) is 159 cm³/mol. The third-order valence-corrected chi connectivity index (χ3v) is 8.19. The number of ether oxygens (including phenoxy) is 1. The number of nitrogens with zero attached hydrogens (tertiary/aromatic N) is 5. The van der Waals surface area contributed by atoms with Crippen LogP contribution in [0.1, 0.15) is 28.9 Å². The first-order valence-corrected chi connectivity index (χ1v) is 13.9. The highest BCUT2D eigenvalue weighted by molar-refractivity contribution is 5.95. The normalized spacial score (nSPS) is 19.0. The Bertz CT molecular complexity index is 1620. The molecule has 6 rings (SSSR count). The number of rotatable bonds is 7. The van der Waals surface area contributed by atoms with Crippen molar-refractivity contribution in [2.45, 2.75) is 25.1 Å². The van der Waals surface area contributed by atoms with Crippen LogP contribution < -0.4 is 9.64 Å². The second-order valence-electron chi connectivity index (χ2n) is 10.9. The summed E-state index contributed by atoms with van der Waals surface area (Å²) < 4.78 is 25.9. The first-order valence-electron chi connectivity index (χ1n) is 13.9. The van der Waals surface area contributed by atoms with Crippen LogP contribution in [0.2, 0.25) is 0 Å². The molecule has 5 heterocycles. The molecule has 2 aliphatic rings. The van der Waals surface area contributed by atoms with Crippen LogP contribution in [-0.4, -0.2) is 85.3 Å². The van der Waals surface area contributed by atoms with Crippen LogP contribution in [0, 0.1) is 0 Å². The van der Waals surface area contributed by atoms with E-state index in [1.165, 1.54) is 0 Å². The Balaban J connectivity index is 1.32. The van der Waals surface area contributed by atoms with Gasteiger partial charge in [0, 0.05) is 68.0 Å². The first kappa shape index (κ1) is 27.0. The van der Waals surface area contributed by atoms with Gasteiger partial charge in [-0.2, -0.15) is 0 Å². The summed E-state index contributed by atoms with van der Waals surface area (Å²) in [5.41, 5.74) is 6.04. The van der Waals surface area contributed by atoms with Gasteiger partial charge in [0.2, 0.25) is 0 Å². The molecule has 1 unspecified atom stereocenters. The quantitative estimate of drug-likeness (QED) is 0.297. The highest BCUT2D eigenvalue weighted by atomic mass is 19.1. The van der Waals surface area contributed by atoms with E-state index in [1.54, 1.807) is 31.6 Å². The summed E-state index contributed by atoms with van der Waals surface area (Å²) in [6.45, 7) is 6.46. The summed E-state index contributed by atoms with van der Waals surface area (Å²) in [5, 5.41) is 0. The van der Waals surface area contributed by atoms with Crippen LogP contribution in [0.5, 0.6) is 5.75 Å². The van der Waals surface area contributed by atoms with E-state index in [1.807, 2.05) is 49.3 Å². The van der Waals surface area contributed by atoms with Gasteiger partial charge in [-0.3, -0.25) is 14.8 Å². The van der Waals surface area contributed by atoms with E-state index in [-0.39, 0.29) is 5.91 Å². The number of fused-ring (bicyclic) bond motifs is 1. The number of likely N-dealkylation sites (tertiary alicyclic amines) is 1. The minimum atomic E-state index is -0.803. The van der Waals surface area contributed by atoms with E-state index in [0.717, 1.165) is 28.8 Å². The van der Waals surface area contributed by atoms with Crippen molar-refractivity contribution in [3.8, 4) is 28.2 Å². The number of anilines is 1. The van der Waals surface area contributed by atoms with Gasteiger partial charge in [-0.25, -0.2) is 4.39 Å². The van der Waals surface area contributed by atoms with Crippen molar-refractivity contribution in [3.63, 3.8) is 0 Å². The summed E-state index contributed by atoms with van der Waals surface area (Å²) in [5.74, 6) is 0.941. The van der Waals surface area contributed by atoms with Crippen molar-refractivity contribution in [2.24, 2.45) is 0 Å². The maximum absolute atomic E-state index is 13.9. The van der Waals surface area contributed by atoms with Crippen LogP contribution in [0.3, 0.4) is 0 Å². The molecule has 8 nitrogen and oxygen atoms in total. The zero-order valence-corrected chi connectivity index (χ0v) is 23.6. The Hall–Kier alpha value is -4.24. The topological polar surface area (TPSA) is 74.9 Å². The third-order valence-electron chi connectivity index (χ3n) is 8.19. The Kier molecular flexibility index (Phi) is 7.21. The molecule has 0 radical (unpaired) electrons.